The Bertz CT molecular complexity index is 436. The molecular formula is C17H25NO3. The summed E-state index contributed by atoms with van der Waals surface area (Å²) in [6.07, 6.45) is 6.66. The van der Waals surface area contributed by atoms with E-state index < -0.39 is 6.10 Å². The number of amides is 1. The van der Waals surface area contributed by atoms with Gasteiger partial charge in [-0.3, -0.25) is 4.79 Å². The van der Waals surface area contributed by atoms with Crippen molar-refractivity contribution >= 4 is 5.91 Å². The lowest BCUT2D eigenvalue weighted by Crippen LogP contribution is -2.42. The van der Waals surface area contributed by atoms with Gasteiger partial charge in [-0.15, -0.1) is 0 Å². The highest BCUT2D eigenvalue weighted by Crippen LogP contribution is 2.19. The Morgan fingerprint density at radius 2 is 1.67 bits per heavy atom. The second-order valence-corrected chi connectivity index (χ2v) is 5.63. The quantitative estimate of drug-likeness (QED) is 0.847. The first kappa shape index (κ1) is 15.7. The summed E-state index contributed by atoms with van der Waals surface area (Å²) in [6.45, 7) is 1.79. The van der Waals surface area contributed by atoms with Crippen molar-refractivity contribution in [3.63, 3.8) is 0 Å². The van der Waals surface area contributed by atoms with Gasteiger partial charge in [0.05, 0.1) is 7.11 Å². The van der Waals surface area contributed by atoms with E-state index in [0.29, 0.717) is 11.8 Å². The van der Waals surface area contributed by atoms with Crippen LogP contribution in [0.1, 0.15) is 45.4 Å². The van der Waals surface area contributed by atoms with Gasteiger partial charge in [-0.05, 0) is 44.0 Å². The average molecular weight is 291 g/mol. The van der Waals surface area contributed by atoms with Crippen molar-refractivity contribution in [2.75, 3.05) is 7.11 Å². The van der Waals surface area contributed by atoms with E-state index in [1.54, 1.807) is 14.0 Å². The fourth-order valence-corrected chi connectivity index (χ4v) is 2.65. The maximum absolute atomic E-state index is 12.2. The highest BCUT2D eigenvalue weighted by Gasteiger charge is 2.20. The minimum atomic E-state index is -0.485. The first-order valence-corrected chi connectivity index (χ1v) is 7.80. The third kappa shape index (κ3) is 4.96. The Labute approximate surface area is 126 Å². The SMILES string of the molecule is COc1ccc(O[C@H](C)C(=O)NC2CCCCCC2)cc1. The molecule has 4 heteroatoms. The van der Waals surface area contributed by atoms with Crippen molar-refractivity contribution in [3.8, 4) is 11.5 Å². The van der Waals surface area contributed by atoms with Gasteiger partial charge in [-0.1, -0.05) is 25.7 Å². The van der Waals surface area contributed by atoms with E-state index in [-0.39, 0.29) is 5.91 Å². The second-order valence-electron chi connectivity index (χ2n) is 5.63. The molecular weight excluding hydrogens is 266 g/mol. The topological polar surface area (TPSA) is 47.6 Å². The standard InChI is InChI=1S/C17H25NO3/c1-13(21-16-11-9-15(20-2)10-12-16)17(19)18-14-7-5-3-4-6-8-14/h9-14H,3-8H2,1-2H3,(H,18,19)/t13-/m1/s1. The van der Waals surface area contributed by atoms with Gasteiger partial charge in [0.25, 0.3) is 5.91 Å². The molecule has 1 aliphatic carbocycles. The van der Waals surface area contributed by atoms with Gasteiger partial charge in [0, 0.05) is 6.04 Å². The van der Waals surface area contributed by atoms with Crippen LogP contribution in [-0.2, 0) is 4.79 Å². The number of nitrogens with one attached hydrogen (secondary N) is 1. The summed E-state index contributed by atoms with van der Waals surface area (Å²) >= 11 is 0. The molecule has 0 saturated heterocycles. The van der Waals surface area contributed by atoms with Crippen molar-refractivity contribution in [3.05, 3.63) is 24.3 Å². The normalized spacial score (nSPS) is 17.6. The van der Waals surface area contributed by atoms with E-state index in [0.717, 1.165) is 18.6 Å². The summed E-state index contributed by atoms with van der Waals surface area (Å²) in [4.78, 5) is 12.2. The molecule has 0 spiro atoms. The molecule has 2 rings (SSSR count). The Morgan fingerprint density at radius 1 is 1.10 bits per heavy atom. The molecule has 1 aliphatic rings. The van der Waals surface area contributed by atoms with Crippen molar-refractivity contribution in [1.82, 2.24) is 5.32 Å². The first-order chi connectivity index (χ1) is 10.2. The molecule has 1 N–H and O–H groups in total. The summed E-state index contributed by atoms with van der Waals surface area (Å²) in [5, 5.41) is 3.11. The third-order valence-electron chi connectivity index (χ3n) is 3.94. The predicted octanol–water partition coefficient (Wildman–Crippen LogP) is 3.30. The highest BCUT2D eigenvalue weighted by atomic mass is 16.5. The van der Waals surface area contributed by atoms with Crippen molar-refractivity contribution in [2.45, 2.75) is 57.6 Å². The number of hydrogen-bond acceptors (Lipinski definition) is 3. The lowest BCUT2D eigenvalue weighted by Gasteiger charge is -2.20. The molecule has 4 nitrogen and oxygen atoms in total. The molecule has 1 aromatic rings. The lowest BCUT2D eigenvalue weighted by atomic mass is 10.1. The van der Waals surface area contributed by atoms with Gasteiger partial charge in [0.2, 0.25) is 0 Å². The number of ether oxygens (including phenoxy) is 2. The van der Waals surface area contributed by atoms with E-state index in [9.17, 15) is 4.79 Å². The second kappa shape index (κ2) is 7.91. The number of carbonyl (C=O) groups excluding carboxylic acids is 1. The molecule has 0 radical (unpaired) electrons. The molecule has 1 atom stereocenters. The van der Waals surface area contributed by atoms with Crippen molar-refractivity contribution < 1.29 is 14.3 Å². The van der Waals surface area contributed by atoms with Gasteiger partial charge < -0.3 is 14.8 Å². The number of benzene rings is 1. The van der Waals surface area contributed by atoms with Crippen LogP contribution in [0.5, 0.6) is 11.5 Å². The van der Waals surface area contributed by atoms with Crippen LogP contribution in [-0.4, -0.2) is 25.2 Å². The molecule has 21 heavy (non-hydrogen) atoms. The number of rotatable bonds is 5. The molecule has 1 saturated carbocycles. The highest BCUT2D eigenvalue weighted by molar-refractivity contribution is 5.81. The van der Waals surface area contributed by atoms with Crippen molar-refractivity contribution in [1.29, 1.82) is 0 Å². The molecule has 116 valence electrons. The maximum Gasteiger partial charge on any atom is 0.260 e. The molecule has 0 heterocycles. The lowest BCUT2D eigenvalue weighted by molar-refractivity contribution is -0.128. The molecule has 1 fully saturated rings. The largest absolute Gasteiger partial charge is 0.497 e. The minimum Gasteiger partial charge on any atom is -0.497 e. The summed E-state index contributed by atoms with van der Waals surface area (Å²) < 4.78 is 10.8. The first-order valence-electron chi connectivity index (χ1n) is 7.80. The Kier molecular flexibility index (Phi) is 5.90. The van der Waals surface area contributed by atoms with Crippen LogP contribution in [0.2, 0.25) is 0 Å². The summed E-state index contributed by atoms with van der Waals surface area (Å²) in [6, 6.07) is 7.58. The van der Waals surface area contributed by atoms with Crippen LogP contribution in [0.25, 0.3) is 0 Å². The van der Waals surface area contributed by atoms with Gasteiger partial charge in [-0.25, -0.2) is 0 Å². The Hall–Kier alpha value is -1.71. The molecule has 1 amide bonds. The zero-order valence-corrected chi connectivity index (χ0v) is 12.9. The fraction of sp³-hybridized carbons (Fsp3) is 0.588. The van der Waals surface area contributed by atoms with Gasteiger partial charge in [0.1, 0.15) is 11.5 Å². The number of hydrogen-bond donors (Lipinski definition) is 1. The average Bonchev–Trinajstić information content (AvgIpc) is 2.76. The van der Waals surface area contributed by atoms with Crippen LogP contribution in [0.15, 0.2) is 24.3 Å². The molecule has 0 bridgehead atoms. The molecule has 0 aliphatic heterocycles. The van der Waals surface area contributed by atoms with Crippen LogP contribution in [0.4, 0.5) is 0 Å². The van der Waals surface area contributed by atoms with Crippen LogP contribution >= 0.6 is 0 Å². The predicted molar refractivity (Wildman–Crippen MR) is 82.7 cm³/mol. The summed E-state index contributed by atoms with van der Waals surface area (Å²) in [7, 11) is 1.62. The molecule has 0 aromatic heterocycles. The summed E-state index contributed by atoms with van der Waals surface area (Å²) in [5.41, 5.74) is 0. The van der Waals surface area contributed by atoms with Crippen LogP contribution in [0, 0.1) is 0 Å². The van der Waals surface area contributed by atoms with Crippen LogP contribution < -0.4 is 14.8 Å². The minimum absolute atomic E-state index is 0.0299. The molecule has 0 unspecified atom stereocenters. The van der Waals surface area contributed by atoms with E-state index in [2.05, 4.69) is 5.32 Å². The summed E-state index contributed by atoms with van der Waals surface area (Å²) in [5.74, 6) is 1.43. The Morgan fingerprint density at radius 3 is 2.24 bits per heavy atom. The van der Waals surface area contributed by atoms with E-state index in [1.807, 2.05) is 24.3 Å². The van der Waals surface area contributed by atoms with Crippen LogP contribution in [0.3, 0.4) is 0 Å². The van der Waals surface area contributed by atoms with Gasteiger partial charge in [-0.2, -0.15) is 0 Å². The zero-order chi connectivity index (χ0) is 15.1. The van der Waals surface area contributed by atoms with E-state index in [1.165, 1.54) is 25.7 Å². The third-order valence-corrected chi connectivity index (χ3v) is 3.94. The van der Waals surface area contributed by atoms with Gasteiger partial charge >= 0.3 is 0 Å². The Balaban J connectivity index is 1.83. The molecule has 1 aromatic carbocycles. The van der Waals surface area contributed by atoms with Gasteiger partial charge in [0.15, 0.2) is 6.10 Å². The number of methoxy groups -OCH3 is 1. The fourth-order valence-electron chi connectivity index (χ4n) is 2.65. The van der Waals surface area contributed by atoms with Crippen molar-refractivity contribution in [2.24, 2.45) is 0 Å². The number of carbonyl (C=O) groups is 1. The van der Waals surface area contributed by atoms with E-state index in [4.69, 9.17) is 9.47 Å². The monoisotopic (exact) mass is 291 g/mol. The maximum atomic E-state index is 12.2. The van der Waals surface area contributed by atoms with E-state index >= 15 is 0 Å². The smallest absolute Gasteiger partial charge is 0.260 e. The zero-order valence-electron chi connectivity index (χ0n) is 12.9.